The van der Waals surface area contributed by atoms with E-state index in [1.54, 1.807) is 7.11 Å². The zero-order chi connectivity index (χ0) is 12.7. The minimum absolute atomic E-state index is 0.0489. The molecule has 0 amide bonds. The predicted molar refractivity (Wildman–Crippen MR) is 74.6 cm³/mol. The summed E-state index contributed by atoms with van der Waals surface area (Å²) in [6.07, 6.45) is 3.32. The first-order valence-corrected chi connectivity index (χ1v) is 6.46. The van der Waals surface area contributed by atoms with Gasteiger partial charge in [0, 0.05) is 19.3 Å². The largest absolute Gasteiger partial charge is 0.385 e. The number of rotatable bonds is 7. The van der Waals surface area contributed by atoms with Gasteiger partial charge in [-0.25, -0.2) is 0 Å². The van der Waals surface area contributed by atoms with Crippen LogP contribution in [-0.4, -0.2) is 19.3 Å². The van der Waals surface area contributed by atoms with E-state index in [-0.39, 0.29) is 5.60 Å². The van der Waals surface area contributed by atoms with Gasteiger partial charge in [0.05, 0.1) is 5.60 Å². The lowest BCUT2D eigenvalue weighted by Gasteiger charge is -2.23. The van der Waals surface area contributed by atoms with Crippen molar-refractivity contribution in [3.05, 3.63) is 29.8 Å². The Labute approximate surface area is 105 Å². The molecule has 0 aliphatic heterocycles. The van der Waals surface area contributed by atoms with E-state index < -0.39 is 0 Å². The first kappa shape index (κ1) is 14.0. The lowest BCUT2D eigenvalue weighted by atomic mass is 10.0. The molecule has 0 radical (unpaired) electrons. The van der Waals surface area contributed by atoms with Crippen molar-refractivity contribution in [3.8, 4) is 0 Å². The first-order chi connectivity index (χ1) is 8.09. The molecule has 0 unspecified atom stereocenters. The Morgan fingerprint density at radius 2 is 1.94 bits per heavy atom. The van der Waals surface area contributed by atoms with Crippen LogP contribution < -0.4 is 5.32 Å². The van der Waals surface area contributed by atoms with Gasteiger partial charge >= 0.3 is 0 Å². The molecule has 2 nitrogen and oxygen atoms in total. The molecule has 1 aromatic carbocycles. The summed E-state index contributed by atoms with van der Waals surface area (Å²) in [4.78, 5) is 0. The molecule has 1 aromatic rings. The number of nitrogens with one attached hydrogen (secondary N) is 1. The van der Waals surface area contributed by atoms with Crippen LogP contribution >= 0.6 is 0 Å². The van der Waals surface area contributed by atoms with Crippen molar-refractivity contribution >= 4 is 5.69 Å². The maximum absolute atomic E-state index is 5.41. The Hall–Kier alpha value is -1.02. The van der Waals surface area contributed by atoms with Crippen LogP contribution in [0.25, 0.3) is 0 Å². The highest BCUT2D eigenvalue weighted by Gasteiger charge is 2.15. The van der Waals surface area contributed by atoms with Gasteiger partial charge in [0.1, 0.15) is 0 Å². The first-order valence-electron chi connectivity index (χ1n) is 6.46. The Balaban J connectivity index is 2.51. The fourth-order valence-corrected chi connectivity index (χ4v) is 1.78. The molecule has 0 aliphatic rings. The van der Waals surface area contributed by atoms with Gasteiger partial charge in [-0.3, -0.25) is 0 Å². The summed E-state index contributed by atoms with van der Waals surface area (Å²) in [7, 11) is 1.77. The van der Waals surface area contributed by atoms with Gasteiger partial charge in [-0.05, 0) is 38.3 Å². The number of aryl methyl sites for hydroxylation is 1. The van der Waals surface area contributed by atoms with E-state index in [1.807, 2.05) is 0 Å². The fraction of sp³-hybridized carbons (Fsp3) is 0.600. The number of para-hydroxylation sites is 1. The topological polar surface area (TPSA) is 21.3 Å². The minimum Gasteiger partial charge on any atom is -0.385 e. The predicted octanol–water partition coefficient (Wildman–Crippen LogP) is 3.87. The van der Waals surface area contributed by atoms with Crippen molar-refractivity contribution in [1.29, 1.82) is 0 Å². The van der Waals surface area contributed by atoms with Gasteiger partial charge in [0.25, 0.3) is 0 Å². The third-order valence-electron chi connectivity index (χ3n) is 3.13. The molecular formula is C15H25NO. The molecule has 0 spiro atoms. The Bertz CT molecular complexity index is 333. The summed E-state index contributed by atoms with van der Waals surface area (Å²) >= 11 is 0. The van der Waals surface area contributed by atoms with Crippen LogP contribution in [0.4, 0.5) is 5.69 Å². The summed E-state index contributed by atoms with van der Waals surface area (Å²) in [6, 6.07) is 8.55. The lowest BCUT2D eigenvalue weighted by Crippen LogP contribution is -2.25. The van der Waals surface area contributed by atoms with Crippen molar-refractivity contribution in [3.63, 3.8) is 0 Å². The van der Waals surface area contributed by atoms with Crippen LogP contribution in [0.2, 0.25) is 0 Å². The fourth-order valence-electron chi connectivity index (χ4n) is 1.78. The molecule has 0 saturated heterocycles. The second-order valence-electron chi connectivity index (χ2n) is 5.05. The van der Waals surface area contributed by atoms with E-state index in [0.29, 0.717) is 0 Å². The van der Waals surface area contributed by atoms with Crippen LogP contribution in [0, 0.1) is 0 Å². The maximum Gasteiger partial charge on any atom is 0.0639 e. The molecule has 2 heteroatoms. The lowest BCUT2D eigenvalue weighted by molar-refractivity contribution is 0.0185. The maximum atomic E-state index is 5.41. The molecule has 17 heavy (non-hydrogen) atoms. The van der Waals surface area contributed by atoms with Crippen molar-refractivity contribution in [1.82, 2.24) is 0 Å². The highest BCUT2D eigenvalue weighted by atomic mass is 16.5. The summed E-state index contributed by atoms with van der Waals surface area (Å²) < 4.78 is 5.41. The van der Waals surface area contributed by atoms with Crippen molar-refractivity contribution in [2.45, 2.75) is 45.6 Å². The van der Waals surface area contributed by atoms with Crippen LogP contribution in [0.5, 0.6) is 0 Å². The number of benzene rings is 1. The molecule has 1 rings (SSSR count). The number of hydrogen-bond acceptors (Lipinski definition) is 2. The number of hydrogen-bond donors (Lipinski definition) is 1. The summed E-state index contributed by atoms with van der Waals surface area (Å²) in [5.41, 5.74) is 2.62. The zero-order valence-corrected chi connectivity index (χ0v) is 11.5. The average molecular weight is 235 g/mol. The van der Waals surface area contributed by atoms with Gasteiger partial charge in [-0.2, -0.15) is 0 Å². The van der Waals surface area contributed by atoms with Gasteiger partial charge in [0.15, 0.2) is 0 Å². The number of ether oxygens (including phenoxy) is 1. The normalized spacial score (nSPS) is 11.5. The van der Waals surface area contributed by atoms with Crippen LogP contribution in [0.15, 0.2) is 24.3 Å². The molecular weight excluding hydrogens is 210 g/mol. The minimum atomic E-state index is -0.0489. The van der Waals surface area contributed by atoms with Gasteiger partial charge in [-0.1, -0.05) is 31.5 Å². The van der Waals surface area contributed by atoms with Gasteiger partial charge < -0.3 is 10.1 Å². The van der Waals surface area contributed by atoms with Crippen molar-refractivity contribution in [2.24, 2.45) is 0 Å². The highest BCUT2D eigenvalue weighted by Crippen LogP contribution is 2.18. The van der Waals surface area contributed by atoms with Gasteiger partial charge in [-0.15, -0.1) is 0 Å². The van der Waals surface area contributed by atoms with E-state index in [4.69, 9.17) is 4.74 Å². The Morgan fingerprint density at radius 1 is 1.24 bits per heavy atom. The van der Waals surface area contributed by atoms with Crippen LogP contribution in [0.3, 0.4) is 0 Å². The van der Waals surface area contributed by atoms with Crippen molar-refractivity contribution < 1.29 is 4.74 Å². The summed E-state index contributed by atoms with van der Waals surface area (Å²) in [5.74, 6) is 0. The smallest absolute Gasteiger partial charge is 0.0639 e. The quantitative estimate of drug-likeness (QED) is 0.774. The third-order valence-corrected chi connectivity index (χ3v) is 3.13. The monoisotopic (exact) mass is 235 g/mol. The third kappa shape index (κ3) is 4.78. The molecule has 0 aromatic heterocycles. The molecule has 0 bridgehead atoms. The number of methoxy groups -OCH3 is 1. The SMILES string of the molecule is CCCc1ccccc1NCCC(C)(C)OC. The van der Waals surface area contributed by atoms with Crippen molar-refractivity contribution in [2.75, 3.05) is 19.0 Å². The Morgan fingerprint density at radius 3 is 2.59 bits per heavy atom. The zero-order valence-electron chi connectivity index (χ0n) is 11.5. The summed E-state index contributed by atoms with van der Waals surface area (Å²) in [6.45, 7) is 7.39. The average Bonchev–Trinajstić information content (AvgIpc) is 2.31. The molecule has 0 saturated carbocycles. The standard InChI is InChI=1S/C15H25NO/c1-5-8-13-9-6-7-10-14(13)16-12-11-15(2,3)17-4/h6-7,9-10,16H,5,8,11-12H2,1-4H3. The highest BCUT2D eigenvalue weighted by molar-refractivity contribution is 5.51. The van der Waals surface area contributed by atoms with Crippen LogP contribution in [-0.2, 0) is 11.2 Å². The van der Waals surface area contributed by atoms with Gasteiger partial charge in [0.2, 0.25) is 0 Å². The molecule has 0 aliphatic carbocycles. The second kappa shape index (κ2) is 6.65. The Kier molecular flexibility index (Phi) is 5.49. The van der Waals surface area contributed by atoms with E-state index in [9.17, 15) is 0 Å². The molecule has 0 fully saturated rings. The summed E-state index contributed by atoms with van der Waals surface area (Å²) in [5, 5.41) is 3.51. The van der Waals surface area contributed by atoms with Crippen LogP contribution in [0.1, 0.15) is 39.2 Å². The molecule has 1 N–H and O–H groups in total. The van der Waals surface area contributed by atoms with E-state index in [2.05, 4.69) is 50.4 Å². The molecule has 96 valence electrons. The van der Waals surface area contributed by atoms with E-state index in [1.165, 1.54) is 17.7 Å². The molecule has 0 atom stereocenters. The van der Waals surface area contributed by atoms with E-state index >= 15 is 0 Å². The molecule has 0 heterocycles. The van der Waals surface area contributed by atoms with E-state index in [0.717, 1.165) is 19.4 Å². The second-order valence-corrected chi connectivity index (χ2v) is 5.05. The number of anilines is 1.